The highest BCUT2D eigenvalue weighted by atomic mass is 32.3. The second kappa shape index (κ2) is 6.49. The number of amidine groups is 1. The average Bonchev–Trinajstić information content (AvgIpc) is 3.16. The van der Waals surface area contributed by atoms with Crippen LogP contribution in [0.4, 0.5) is 0 Å². The molecule has 0 atom stereocenters. The maximum atomic E-state index is 10.2. The normalized spacial score (nSPS) is 28.8. The Bertz CT molecular complexity index is 969. The number of rotatable bonds is 3. The van der Waals surface area contributed by atoms with Gasteiger partial charge in [-0.15, -0.1) is 4.40 Å². The fourth-order valence-corrected chi connectivity index (χ4v) is 6.48. The minimum atomic E-state index is -2.87. The van der Waals surface area contributed by atoms with Crippen LogP contribution < -0.4 is 4.74 Å². The molecule has 0 unspecified atom stereocenters. The summed E-state index contributed by atoms with van der Waals surface area (Å²) in [5.74, 6) is 1.93. The van der Waals surface area contributed by atoms with Crippen molar-refractivity contribution in [1.82, 2.24) is 4.90 Å². The molecule has 6 nitrogen and oxygen atoms in total. The molecule has 146 valence electrons. The first-order valence-electron chi connectivity index (χ1n) is 9.40. The molecule has 8 heteroatoms. The fourth-order valence-electron chi connectivity index (χ4n) is 4.72. The molecule has 2 saturated heterocycles. The number of fused-ring (bicyclic) bond motifs is 2. The minimum Gasteiger partial charge on any atom is -0.447 e. The van der Waals surface area contributed by atoms with Crippen LogP contribution in [0.3, 0.4) is 0 Å². The predicted molar refractivity (Wildman–Crippen MR) is 111 cm³/mol. The Labute approximate surface area is 169 Å². The van der Waals surface area contributed by atoms with Crippen molar-refractivity contribution < 1.29 is 13.8 Å². The van der Waals surface area contributed by atoms with E-state index in [2.05, 4.69) is 27.5 Å². The Morgan fingerprint density at radius 1 is 1.18 bits per heavy atom. The van der Waals surface area contributed by atoms with E-state index in [4.69, 9.17) is 10.00 Å². The standard InChI is InChI=1S/C20H21N3O3S2/c21-13-17-5-6-18(27-17)26-16-3-1-14(2-4-16)20-9-7-15(8-10-20)23-11-12-28(24,25)22-19(20)23/h1-6,15,24-25H,7-12H2. The molecule has 4 aliphatic rings. The van der Waals surface area contributed by atoms with Gasteiger partial charge in [0.05, 0.1) is 11.2 Å². The van der Waals surface area contributed by atoms with Crippen LogP contribution >= 0.6 is 22.1 Å². The maximum Gasteiger partial charge on any atom is 0.182 e. The van der Waals surface area contributed by atoms with Gasteiger partial charge in [-0.25, -0.2) is 0 Å². The van der Waals surface area contributed by atoms with Crippen LogP contribution in [0.5, 0.6) is 10.8 Å². The summed E-state index contributed by atoms with van der Waals surface area (Å²) in [4.78, 5) is 2.93. The Hall–Kier alpha value is -2.05. The molecule has 0 spiro atoms. The van der Waals surface area contributed by atoms with E-state index in [0.29, 0.717) is 28.3 Å². The number of ether oxygens (including phenoxy) is 1. The molecule has 0 radical (unpaired) electrons. The summed E-state index contributed by atoms with van der Waals surface area (Å²) >= 11 is 1.32. The van der Waals surface area contributed by atoms with E-state index in [1.54, 1.807) is 12.1 Å². The third-order valence-electron chi connectivity index (χ3n) is 6.11. The van der Waals surface area contributed by atoms with Gasteiger partial charge in [0, 0.05) is 12.6 Å². The first kappa shape index (κ1) is 18.0. The molecule has 1 aromatic carbocycles. The number of nitriles is 1. The quantitative estimate of drug-likeness (QED) is 0.737. The predicted octanol–water partition coefficient (Wildman–Crippen LogP) is 4.99. The van der Waals surface area contributed by atoms with E-state index >= 15 is 0 Å². The molecule has 6 rings (SSSR count). The van der Waals surface area contributed by atoms with Crippen LogP contribution in [0, 0.1) is 11.3 Å². The topological polar surface area (TPSA) is 89.1 Å². The molecule has 2 aromatic rings. The van der Waals surface area contributed by atoms with Crippen LogP contribution in [-0.2, 0) is 5.41 Å². The second-order valence-corrected chi connectivity index (χ2v) is 10.5. The molecule has 2 N–H and O–H groups in total. The van der Waals surface area contributed by atoms with Gasteiger partial charge in [-0.05, 0) is 55.5 Å². The van der Waals surface area contributed by atoms with Crippen molar-refractivity contribution in [3.63, 3.8) is 0 Å². The van der Waals surface area contributed by atoms with E-state index in [9.17, 15) is 9.11 Å². The average molecular weight is 416 g/mol. The van der Waals surface area contributed by atoms with Crippen LogP contribution in [0.15, 0.2) is 40.8 Å². The van der Waals surface area contributed by atoms with Gasteiger partial charge in [-0.3, -0.25) is 9.11 Å². The molecular formula is C20H21N3O3S2. The number of hydrogen-bond donors (Lipinski definition) is 2. The zero-order valence-electron chi connectivity index (χ0n) is 15.2. The third-order valence-corrected chi connectivity index (χ3v) is 8.17. The molecule has 2 bridgehead atoms. The van der Waals surface area contributed by atoms with Crippen LogP contribution in [-0.4, -0.2) is 38.2 Å². The van der Waals surface area contributed by atoms with E-state index in [1.807, 2.05) is 12.1 Å². The molecule has 1 aromatic heterocycles. The van der Waals surface area contributed by atoms with Gasteiger partial charge in [-0.1, -0.05) is 34.2 Å². The van der Waals surface area contributed by atoms with E-state index in [-0.39, 0.29) is 5.41 Å². The van der Waals surface area contributed by atoms with Gasteiger partial charge in [0.1, 0.15) is 22.5 Å². The third kappa shape index (κ3) is 2.90. The lowest BCUT2D eigenvalue weighted by atomic mass is 9.63. The summed E-state index contributed by atoms with van der Waals surface area (Å²) < 4.78 is 30.7. The van der Waals surface area contributed by atoms with Crippen molar-refractivity contribution in [2.75, 3.05) is 12.3 Å². The monoisotopic (exact) mass is 415 g/mol. The molecule has 1 saturated carbocycles. The van der Waals surface area contributed by atoms with Crippen molar-refractivity contribution in [3.05, 3.63) is 46.8 Å². The van der Waals surface area contributed by atoms with Crippen LogP contribution in [0.25, 0.3) is 0 Å². The van der Waals surface area contributed by atoms with E-state index < -0.39 is 10.8 Å². The van der Waals surface area contributed by atoms with E-state index in [1.165, 1.54) is 11.3 Å². The van der Waals surface area contributed by atoms with Gasteiger partial charge >= 0.3 is 0 Å². The van der Waals surface area contributed by atoms with Crippen molar-refractivity contribution in [2.45, 2.75) is 37.1 Å². The summed E-state index contributed by atoms with van der Waals surface area (Å²) in [6.45, 7) is 0.675. The summed E-state index contributed by atoms with van der Waals surface area (Å²) in [7, 11) is -2.87. The van der Waals surface area contributed by atoms with E-state index in [0.717, 1.165) is 42.8 Å². The molecule has 0 amide bonds. The lowest BCUT2D eigenvalue weighted by Gasteiger charge is -2.57. The van der Waals surface area contributed by atoms with Crippen molar-refractivity contribution in [3.8, 4) is 16.9 Å². The second-order valence-electron chi connectivity index (χ2n) is 7.61. The fraction of sp³-hybridized carbons (Fsp3) is 0.400. The lowest BCUT2D eigenvalue weighted by Crippen LogP contribution is -2.62. The molecule has 1 aliphatic carbocycles. The molecule has 3 aliphatic heterocycles. The summed E-state index contributed by atoms with van der Waals surface area (Å²) in [6, 6.07) is 14.2. The van der Waals surface area contributed by atoms with Gasteiger partial charge in [0.25, 0.3) is 0 Å². The summed E-state index contributed by atoms with van der Waals surface area (Å²) in [6.07, 6.45) is 4.20. The summed E-state index contributed by atoms with van der Waals surface area (Å²) in [5.41, 5.74) is 0.914. The Morgan fingerprint density at radius 3 is 2.61 bits per heavy atom. The minimum absolute atomic E-state index is 0.242. The smallest absolute Gasteiger partial charge is 0.182 e. The highest BCUT2D eigenvalue weighted by Crippen LogP contribution is 2.54. The molecule has 28 heavy (non-hydrogen) atoms. The Morgan fingerprint density at radius 2 is 1.93 bits per heavy atom. The van der Waals surface area contributed by atoms with Gasteiger partial charge < -0.3 is 9.64 Å². The number of hydrogen-bond acceptors (Lipinski definition) is 7. The van der Waals surface area contributed by atoms with Gasteiger partial charge in [0.2, 0.25) is 0 Å². The van der Waals surface area contributed by atoms with Crippen LogP contribution in [0.1, 0.15) is 36.1 Å². The Kier molecular flexibility index (Phi) is 4.18. The lowest BCUT2D eigenvalue weighted by molar-refractivity contribution is 0.150. The first-order chi connectivity index (χ1) is 13.5. The Balaban J connectivity index is 1.46. The summed E-state index contributed by atoms with van der Waals surface area (Å²) in [5, 5.41) is 9.64. The van der Waals surface area contributed by atoms with Gasteiger partial charge in [-0.2, -0.15) is 5.26 Å². The van der Waals surface area contributed by atoms with Gasteiger partial charge in [0.15, 0.2) is 5.06 Å². The molecular weight excluding hydrogens is 394 g/mol. The molecule has 3 fully saturated rings. The van der Waals surface area contributed by atoms with Crippen LogP contribution in [0.2, 0.25) is 0 Å². The van der Waals surface area contributed by atoms with Crippen molar-refractivity contribution in [2.24, 2.45) is 4.40 Å². The van der Waals surface area contributed by atoms with Crippen molar-refractivity contribution in [1.29, 1.82) is 5.26 Å². The molecule has 4 heterocycles. The number of piperidine rings is 2. The largest absolute Gasteiger partial charge is 0.447 e. The zero-order chi connectivity index (χ0) is 19.4. The van der Waals surface area contributed by atoms with Crippen molar-refractivity contribution >= 4 is 27.9 Å². The number of thiophene rings is 1. The SMILES string of the molecule is N#Cc1ccc(Oc2ccc(C34CCC(CC3)N3CCS(O)(O)N=C34)cc2)s1. The zero-order valence-corrected chi connectivity index (χ0v) is 16.9. The highest BCUT2D eigenvalue weighted by molar-refractivity contribution is 8.23. The first-order valence-corrected chi connectivity index (χ1v) is 11.9. The highest BCUT2D eigenvalue weighted by Gasteiger charge is 2.52. The number of benzene rings is 1. The number of nitrogens with zero attached hydrogens (tertiary/aromatic N) is 3. The maximum absolute atomic E-state index is 10.2.